The van der Waals surface area contributed by atoms with Crippen LogP contribution >= 0.6 is 11.8 Å². The average Bonchev–Trinajstić information content (AvgIpc) is 2.33. The molecule has 0 bridgehead atoms. The van der Waals surface area contributed by atoms with Gasteiger partial charge < -0.3 is 15.7 Å². The van der Waals surface area contributed by atoms with Gasteiger partial charge in [0, 0.05) is 6.54 Å². The smallest absolute Gasteiger partial charge is 0.326 e. The van der Waals surface area contributed by atoms with Crippen LogP contribution in [0, 0.1) is 0 Å². The molecule has 0 rings (SSSR count). The summed E-state index contributed by atoms with van der Waals surface area (Å²) in [6, 6.07) is -0.877. The Labute approximate surface area is 111 Å². The van der Waals surface area contributed by atoms with Gasteiger partial charge in [-0.15, -0.1) is 0 Å². The number of carbonyl (C=O) groups is 3. The van der Waals surface area contributed by atoms with Crippen molar-refractivity contribution in [3.8, 4) is 0 Å². The molecular formula is C11H20N2O4S. The minimum Gasteiger partial charge on any atom is -0.480 e. The number of unbranched alkanes of at least 4 members (excludes halogenated alkanes) is 1. The van der Waals surface area contributed by atoms with Gasteiger partial charge >= 0.3 is 5.97 Å². The van der Waals surface area contributed by atoms with Crippen molar-refractivity contribution in [3.05, 3.63) is 0 Å². The number of aliphatic carboxylic acids is 1. The van der Waals surface area contributed by atoms with Gasteiger partial charge in [-0.25, -0.2) is 4.79 Å². The molecule has 6 nitrogen and oxygen atoms in total. The number of hydrogen-bond acceptors (Lipinski definition) is 4. The van der Waals surface area contributed by atoms with E-state index in [2.05, 4.69) is 10.6 Å². The maximum atomic E-state index is 11.3. The third kappa shape index (κ3) is 8.86. The van der Waals surface area contributed by atoms with E-state index >= 15 is 0 Å². The predicted octanol–water partition coefficient (Wildman–Crippen LogP) is 0.225. The van der Waals surface area contributed by atoms with Crippen molar-refractivity contribution in [2.75, 3.05) is 18.1 Å². The number of carboxylic acids is 1. The Bertz CT molecular complexity index is 274. The van der Waals surface area contributed by atoms with E-state index in [1.54, 1.807) is 0 Å². The largest absolute Gasteiger partial charge is 0.480 e. The fraction of sp³-hybridized carbons (Fsp3) is 0.727. The third-order valence-electron chi connectivity index (χ3n) is 2.20. The molecule has 1 atom stereocenters. The van der Waals surface area contributed by atoms with Crippen molar-refractivity contribution in [1.29, 1.82) is 0 Å². The number of nitrogens with one attached hydrogen (secondary N) is 2. The summed E-state index contributed by atoms with van der Waals surface area (Å²) in [5, 5.41) is 13.7. The Morgan fingerprint density at radius 1 is 1.44 bits per heavy atom. The summed E-state index contributed by atoms with van der Waals surface area (Å²) in [5.41, 5.74) is 0. The standard InChI is InChI=1S/C11H20N2O4S/c1-2-3-5-12-10(15)7-18-6-4-9(11(16)17)13-8-14/h8-9H,2-7H2,1H3,(H,12,15)(H,13,14)(H,16,17). The van der Waals surface area contributed by atoms with Gasteiger partial charge in [0.25, 0.3) is 0 Å². The second kappa shape index (κ2) is 10.9. The zero-order valence-electron chi connectivity index (χ0n) is 10.5. The van der Waals surface area contributed by atoms with Crippen molar-refractivity contribution in [1.82, 2.24) is 10.6 Å². The highest BCUT2D eigenvalue weighted by Gasteiger charge is 2.15. The van der Waals surface area contributed by atoms with Crippen molar-refractivity contribution in [2.24, 2.45) is 0 Å². The maximum absolute atomic E-state index is 11.3. The van der Waals surface area contributed by atoms with Gasteiger partial charge in [-0.1, -0.05) is 13.3 Å². The molecule has 0 heterocycles. The average molecular weight is 276 g/mol. The summed E-state index contributed by atoms with van der Waals surface area (Å²) in [6.45, 7) is 2.73. The van der Waals surface area contributed by atoms with Crippen LogP contribution in [-0.4, -0.2) is 47.5 Å². The predicted molar refractivity (Wildman–Crippen MR) is 70.5 cm³/mol. The van der Waals surface area contributed by atoms with Crippen LogP contribution in [0.1, 0.15) is 26.2 Å². The first kappa shape index (κ1) is 16.8. The number of hydrogen-bond donors (Lipinski definition) is 3. The van der Waals surface area contributed by atoms with Gasteiger partial charge in [-0.05, 0) is 18.6 Å². The number of amides is 2. The van der Waals surface area contributed by atoms with Crippen LogP contribution in [0.15, 0.2) is 0 Å². The zero-order valence-corrected chi connectivity index (χ0v) is 11.3. The zero-order chi connectivity index (χ0) is 13.8. The lowest BCUT2D eigenvalue weighted by molar-refractivity contribution is -0.140. The Balaban J connectivity index is 3.61. The second-order valence-corrected chi connectivity index (χ2v) is 4.83. The van der Waals surface area contributed by atoms with Gasteiger partial charge in [0.15, 0.2) is 0 Å². The molecule has 3 N–H and O–H groups in total. The minimum atomic E-state index is -1.06. The molecule has 0 aromatic heterocycles. The van der Waals surface area contributed by atoms with Crippen LogP contribution in [0.2, 0.25) is 0 Å². The normalized spacial score (nSPS) is 11.6. The summed E-state index contributed by atoms with van der Waals surface area (Å²) in [6.07, 6.45) is 2.67. The lowest BCUT2D eigenvalue weighted by Crippen LogP contribution is -2.36. The van der Waals surface area contributed by atoms with Gasteiger partial charge in [0.1, 0.15) is 6.04 Å². The lowest BCUT2D eigenvalue weighted by atomic mass is 10.2. The van der Waals surface area contributed by atoms with Crippen LogP contribution in [0.3, 0.4) is 0 Å². The van der Waals surface area contributed by atoms with Crippen molar-refractivity contribution in [2.45, 2.75) is 32.2 Å². The first-order chi connectivity index (χ1) is 8.61. The Morgan fingerprint density at radius 3 is 2.72 bits per heavy atom. The molecule has 0 spiro atoms. The van der Waals surface area contributed by atoms with Gasteiger partial charge in [0.2, 0.25) is 12.3 Å². The highest BCUT2D eigenvalue weighted by atomic mass is 32.2. The molecule has 2 amide bonds. The van der Waals surface area contributed by atoms with Crippen molar-refractivity contribution in [3.63, 3.8) is 0 Å². The van der Waals surface area contributed by atoms with E-state index in [0.29, 0.717) is 30.9 Å². The van der Waals surface area contributed by atoms with Crippen molar-refractivity contribution < 1.29 is 19.5 Å². The third-order valence-corrected chi connectivity index (χ3v) is 3.19. The molecule has 0 saturated heterocycles. The molecule has 0 aromatic carbocycles. The molecule has 18 heavy (non-hydrogen) atoms. The molecular weight excluding hydrogens is 256 g/mol. The van der Waals surface area contributed by atoms with Crippen LogP contribution in [0.4, 0.5) is 0 Å². The Morgan fingerprint density at radius 2 is 2.17 bits per heavy atom. The molecule has 104 valence electrons. The van der Waals surface area contributed by atoms with E-state index < -0.39 is 12.0 Å². The number of carbonyl (C=O) groups excluding carboxylic acids is 2. The molecule has 0 aliphatic heterocycles. The summed E-state index contributed by atoms with van der Waals surface area (Å²) in [4.78, 5) is 32.1. The Kier molecular flexibility index (Phi) is 10.1. The highest BCUT2D eigenvalue weighted by molar-refractivity contribution is 7.99. The minimum absolute atomic E-state index is 0.0383. The van der Waals surface area contributed by atoms with Crippen LogP contribution in [-0.2, 0) is 14.4 Å². The summed E-state index contributed by atoms with van der Waals surface area (Å²) in [5.74, 6) is -0.269. The summed E-state index contributed by atoms with van der Waals surface area (Å²) in [7, 11) is 0. The summed E-state index contributed by atoms with van der Waals surface area (Å²) >= 11 is 1.36. The van der Waals surface area contributed by atoms with E-state index in [1.807, 2.05) is 6.92 Å². The van der Waals surface area contributed by atoms with Crippen LogP contribution in [0.25, 0.3) is 0 Å². The molecule has 0 radical (unpaired) electrons. The molecule has 1 unspecified atom stereocenters. The van der Waals surface area contributed by atoms with E-state index in [0.717, 1.165) is 12.8 Å². The first-order valence-corrected chi connectivity index (χ1v) is 7.04. The maximum Gasteiger partial charge on any atom is 0.326 e. The highest BCUT2D eigenvalue weighted by Crippen LogP contribution is 2.05. The van der Waals surface area contributed by atoms with E-state index in [9.17, 15) is 14.4 Å². The van der Waals surface area contributed by atoms with Crippen LogP contribution in [0.5, 0.6) is 0 Å². The van der Waals surface area contributed by atoms with Crippen molar-refractivity contribution >= 4 is 30.0 Å². The topological polar surface area (TPSA) is 95.5 Å². The fourth-order valence-corrected chi connectivity index (χ4v) is 2.02. The van der Waals surface area contributed by atoms with E-state index in [-0.39, 0.29) is 5.91 Å². The van der Waals surface area contributed by atoms with Crippen LogP contribution < -0.4 is 10.6 Å². The lowest BCUT2D eigenvalue weighted by Gasteiger charge is -2.10. The fourth-order valence-electron chi connectivity index (χ4n) is 1.18. The number of thioether (sulfide) groups is 1. The molecule has 0 saturated carbocycles. The SMILES string of the molecule is CCCCNC(=O)CSCCC(NC=O)C(=O)O. The van der Waals surface area contributed by atoms with E-state index in [4.69, 9.17) is 5.11 Å². The first-order valence-electron chi connectivity index (χ1n) is 5.88. The molecule has 0 aliphatic carbocycles. The van der Waals surface area contributed by atoms with Gasteiger partial charge in [-0.2, -0.15) is 11.8 Å². The molecule has 0 aromatic rings. The number of rotatable bonds is 11. The summed E-state index contributed by atoms with van der Waals surface area (Å²) < 4.78 is 0. The number of carboxylic acid groups (broad SMARTS) is 1. The molecule has 0 fully saturated rings. The second-order valence-electron chi connectivity index (χ2n) is 3.72. The van der Waals surface area contributed by atoms with E-state index in [1.165, 1.54) is 11.8 Å². The molecule has 7 heteroatoms. The monoisotopic (exact) mass is 276 g/mol. The molecule has 0 aliphatic rings. The Hall–Kier alpha value is -1.24. The van der Waals surface area contributed by atoms with Gasteiger partial charge in [0.05, 0.1) is 5.75 Å². The quantitative estimate of drug-likeness (QED) is 0.371. The van der Waals surface area contributed by atoms with Gasteiger partial charge in [-0.3, -0.25) is 9.59 Å².